The Morgan fingerprint density at radius 3 is 2.44 bits per heavy atom. The molecule has 0 aromatic rings. The molecule has 1 heteroatoms. The molecular formula is C8H13N. The molecule has 2 unspecified atom stereocenters. The Bertz CT molecular complexity index is 123. The lowest BCUT2D eigenvalue weighted by Crippen LogP contribution is -2.18. The molecule has 1 aliphatic rings. The van der Waals surface area contributed by atoms with E-state index in [4.69, 9.17) is 6.57 Å². The lowest BCUT2D eigenvalue weighted by Gasteiger charge is -2.18. The first-order valence-electron chi connectivity index (χ1n) is 3.71. The second-order valence-corrected chi connectivity index (χ2v) is 2.96. The minimum absolute atomic E-state index is 0.346. The van der Waals surface area contributed by atoms with Crippen LogP contribution in [0.1, 0.15) is 32.6 Å². The predicted molar refractivity (Wildman–Crippen MR) is 38.0 cm³/mol. The standard InChI is InChI=1S/C8H13N/c1-7-5-3-4-6-8(7)9-2/h7-8H,3-6H2,1H3. The molecule has 1 rings (SSSR count). The molecule has 50 valence electrons. The van der Waals surface area contributed by atoms with Gasteiger partial charge in [0.2, 0.25) is 6.04 Å². The van der Waals surface area contributed by atoms with Crippen molar-refractivity contribution < 1.29 is 0 Å². The third-order valence-corrected chi connectivity index (χ3v) is 2.23. The van der Waals surface area contributed by atoms with E-state index in [-0.39, 0.29) is 0 Å². The fraction of sp³-hybridized carbons (Fsp3) is 0.875. The maximum absolute atomic E-state index is 6.85. The third-order valence-electron chi connectivity index (χ3n) is 2.23. The Balaban J connectivity index is 2.41. The molecule has 0 spiro atoms. The zero-order chi connectivity index (χ0) is 6.69. The van der Waals surface area contributed by atoms with Crippen LogP contribution in [0.15, 0.2) is 0 Å². The zero-order valence-corrected chi connectivity index (χ0v) is 5.93. The van der Waals surface area contributed by atoms with Crippen molar-refractivity contribution in [3.05, 3.63) is 11.4 Å². The highest BCUT2D eigenvalue weighted by molar-refractivity contribution is 4.86. The molecule has 1 saturated carbocycles. The van der Waals surface area contributed by atoms with E-state index in [9.17, 15) is 0 Å². The Labute approximate surface area is 56.9 Å². The minimum atomic E-state index is 0.346. The maximum atomic E-state index is 6.85. The Kier molecular flexibility index (Phi) is 2.10. The van der Waals surface area contributed by atoms with Crippen LogP contribution < -0.4 is 0 Å². The topological polar surface area (TPSA) is 4.36 Å². The van der Waals surface area contributed by atoms with Crippen LogP contribution in [-0.2, 0) is 0 Å². The Hall–Kier alpha value is -0.510. The van der Waals surface area contributed by atoms with E-state index < -0.39 is 0 Å². The molecule has 0 heterocycles. The van der Waals surface area contributed by atoms with Gasteiger partial charge < -0.3 is 4.85 Å². The van der Waals surface area contributed by atoms with Crippen molar-refractivity contribution in [2.45, 2.75) is 38.6 Å². The lowest BCUT2D eigenvalue weighted by atomic mass is 9.86. The molecule has 0 N–H and O–H groups in total. The molecule has 0 saturated heterocycles. The minimum Gasteiger partial charge on any atom is -0.313 e. The maximum Gasteiger partial charge on any atom is 0.226 e. The van der Waals surface area contributed by atoms with Crippen molar-refractivity contribution >= 4 is 0 Å². The van der Waals surface area contributed by atoms with E-state index in [1.807, 2.05) is 0 Å². The Morgan fingerprint density at radius 1 is 1.33 bits per heavy atom. The van der Waals surface area contributed by atoms with Crippen molar-refractivity contribution in [3.63, 3.8) is 0 Å². The van der Waals surface area contributed by atoms with Gasteiger partial charge in [-0.05, 0) is 12.8 Å². The van der Waals surface area contributed by atoms with Crippen molar-refractivity contribution in [3.8, 4) is 0 Å². The van der Waals surface area contributed by atoms with E-state index in [0.717, 1.165) is 6.42 Å². The number of hydrogen-bond acceptors (Lipinski definition) is 0. The summed E-state index contributed by atoms with van der Waals surface area (Å²) in [5, 5.41) is 0. The van der Waals surface area contributed by atoms with Gasteiger partial charge in [0.05, 0.1) is 0 Å². The molecular weight excluding hydrogens is 110 g/mol. The zero-order valence-electron chi connectivity index (χ0n) is 5.93. The van der Waals surface area contributed by atoms with Gasteiger partial charge >= 0.3 is 0 Å². The summed E-state index contributed by atoms with van der Waals surface area (Å²) in [7, 11) is 0. The summed E-state index contributed by atoms with van der Waals surface area (Å²) in [4.78, 5) is 3.58. The first kappa shape index (κ1) is 6.61. The SMILES string of the molecule is [C-]#[N+]C1CCCCC1C. The fourth-order valence-corrected chi connectivity index (χ4v) is 1.49. The molecule has 2 atom stereocenters. The first-order valence-corrected chi connectivity index (χ1v) is 3.71. The molecule has 0 aromatic carbocycles. The Morgan fingerprint density at radius 2 is 2.00 bits per heavy atom. The van der Waals surface area contributed by atoms with Gasteiger partial charge in [0, 0.05) is 12.3 Å². The summed E-state index contributed by atoms with van der Waals surface area (Å²) in [5.74, 6) is 0.663. The van der Waals surface area contributed by atoms with Crippen LogP contribution in [0.3, 0.4) is 0 Å². The molecule has 1 nitrogen and oxygen atoms in total. The first-order chi connectivity index (χ1) is 4.34. The van der Waals surface area contributed by atoms with E-state index in [0.29, 0.717) is 12.0 Å². The second kappa shape index (κ2) is 2.87. The van der Waals surface area contributed by atoms with Crippen LogP contribution in [0.25, 0.3) is 4.85 Å². The molecule has 0 amide bonds. The van der Waals surface area contributed by atoms with Crippen LogP contribution in [0, 0.1) is 12.5 Å². The van der Waals surface area contributed by atoms with Crippen molar-refractivity contribution in [1.29, 1.82) is 0 Å². The fourth-order valence-electron chi connectivity index (χ4n) is 1.49. The normalized spacial score (nSPS) is 35.6. The molecule has 0 aromatic heterocycles. The van der Waals surface area contributed by atoms with E-state index in [2.05, 4.69) is 11.8 Å². The molecule has 1 aliphatic carbocycles. The third kappa shape index (κ3) is 1.45. The van der Waals surface area contributed by atoms with E-state index in [1.54, 1.807) is 0 Å². The molecule has 1 fully saturated rings. The highest BCUT2D eigenvalue weighted by Crippen LogP contribution is 2.25. The summed E-state index contributed by atoms with van der Waals surface area (Å²) < 4.78 is 0. The molecule has 9 heavy (non-hydrogen) atoms. The smallest absolute Gasteiger partial charge is 0.226 e. The van der Waals surface area contributed by atoms with E-state index in [1.165, 1.54) is 19.3 Å². The summed E-state index contributed by atoms with van der Waals surface area (Å²) in [6, 6.07) is 0.346. The van der Waals surface area contributed by atoms with Gasteiger partial charge in [0.15, 0.2) is 0 Å². The predicted octanol–water partition coefficient (Wildman–Crippen LogP) is 2.48. The average Bonchev–Trinajstić information content (AvgIpc) is 1.89. The van der Waals surface area contributed by atoms with Gasteiger partial charge in [-0.1, -0.05) is 13.3 Å². The monoisotopic (exact) mass is 123 g/mol. The van der Waals surface area contributed by atoms with Crippen molar-refractivity contribution in [1.82, 2.24) is 0 Å². The lowest BCUT2D eigenvalue weighted by molar-refractivity contribution is 0.364. The summed E-state index contributed by atoms with van der Waals surface area (Å²) in [6.07, 6.45) is 5.03. The highest BCUT2D eigenvalue weighted by Gasteiger charge is 2.24. The van der Waals surface area contributed by atoms with Crippen LogP contribution in [0.5, 0.6) is 0 Å². The van der Waals surface area contributed by atoms with E-state index >= 15 is 0 Å². The second-order valence-electron chi connectivity index (χ2n) is 2.96. The van der Waals surface area contributed by atoms with Crippen LogP contribution >= 0.6 is 0 Å². The summed E-state index contributed by atoms with van der Waals surface area (Å²) in [5.41, 5.74) is 0. The molecule has 0 radical (unpaired) electrons. The number of hydrogen-bond donors (Lipinski definition) is 0. The van der Waals surface area contributed by atoms with Crippen LogP contribution in [0.2, 0.25) is 0 Å². The molecule has 0 aliphatic heterocycles. The van der Waals surface area contributed by atoms with Crippen LogP contribution in [0.4, 0.5) is 0 Å². The van der Waals surface area contributed by atoms with Gasteiger partial charge in [-0.15, -0.1) is 0 Å². The summed E-state index contributed by atoms with van der Waals surface area (Å²) in [6.45, 7) is 9.05. The van der Waals surface area contributed by atoms with Gasteiger partial charge in [-0.2, -0.15) is 0 Å². The average molecular weight is 123 g/mol. The van der Waals surface area contributed by atoms with Gasteiger partial charge in [-0.25, -0.2) is 6.57 Å². The summed E-state index contributed by atoms with van der Waals surface area (Å²) >= 11 is 0. The van der Waals surface area contributed by atoms with Crippen molar-refractivity contribution in [2.24, 2.45) is 5.92 Å². The van der Waals surface area contributed by atoms with Gasteiger partial charge in [0.1, 0.15) is 0 Å². The van der Waals surface area contributed by atoms with Crippen molar-refractivity contribution in [2.75, 3.05) is 0 Å². The highest BCUT2D eigenvalue weighted by atomic mass is 14.7. The quantitative estimate of drug-likeness (QED) is 0.436. The molecule has 0 bridgehead atoms. The number of nitrogens with zero attached hydrogens (tertiary/aromatic N) is 1. The van der Waals surface area contributed by atoms with Crippen LogP contribution in [-0.4, -0.2) is 6.04 Å². The van der Waals surface area contributed by atoms with Gasteiger partial charge in [-0.3, -0.25) is 0 Å². The largest absolute Gasteiger partial charge is 0.313 e. The van der Waals surface area contributed by atoms with Gasteiger partial charge in [0.25, 0.3) is 0 Å². The number of rotatable bonds is 0.